The number of hydrogen-bond donors (Lipinski definition) is 1. The highest BCUT2D eigenvalue weighted by Gasteiger charge is 2.23. The van der Waals surface area contributed by atoms with Gasteiger partial charge in [-0.05, 0) is 11.4 Å². The molecular formula is C9H11ClN4O3S2. The number of halogens is 1. The quantitative estimate of drug-likeness (QED) is 0.883. The highest BCUT2D eigenvalue weighted by Crippen LogP contribution is 2.32. The Kier molecular flexibility index (Phi) is 4.21. The molecule has 0 aliphatic carbocycles. The van der Waals surface area contributed by atoms with Crippen molar-refractivity contribution in [1.29, 1.82) is 0 Å². The van der Waals surface area contributed by atoms with Gasteiger partial charge >= 0.3 is 0 Å². The summed E-state index contributed by atoms with van der Waals surface area (Å²) in [5.41, 5.74) is 0. The van der Waals surface area contributed by atoms with Crippen LogP contribution in [0.25, 0.3) is 10.7 Å². The zero-order valence-corrected chi connectivity index (χ0v) is 12.3. The molecule has 0 amide bonds. The molecule has 2 rings (SSSR count). The maximum atomic E-state index is 11.5. The van der Waals surface area contributed by atoms with Gasteiger partial charge in [0, 0.05) is 7.11 Å². The second-order valence-corrected chi connectivity index (χ2v) is 6.37. The summed E-state index contributed by atoms with van der Waals surface area (Å²) in [6, 6.07) is 1.70. The number of thiophene rings is 1. The van der Waals surface area contributed by atoms with Crippen molar-refractivity contribution in [1.82, 2.24) is 14.8 Å². The molecule has 2 heterocycles. The van der Waals surface area contributed by atoms with E-state index in [4.69, 9.17) is 21.5 Å². The van der Waals surface area contributed by atoms with Crippen molar-refractivity contribution in [3.63, 3.8) is 0 Å². The number of aromatic nitrogens is 3. The molecular weight excluding hydrogens is 312 g/mol. The van der Waals surface area contributed by atoms with E-state index in [1.165, 1.54) is 23.0 Å². The number of primary sulfonamides is 1. The second kappa shape index (κ2) is 5.55. The van der Waals surface area contributed by atoms with Gasteiger partial charge in [-0.25, -0.2) is 13.6 Å². The van der Waals surface area contributed by atoms with Gasteiger partial charge in [-0.1, -0.05) is 11.6 Å². The molecule has 0 unspecified atom stereocenters. The third-order valence-corrected chi connectivity index (χ3v) is 4.46. The lowest BCUT2D eigenvalue weighted by atomic mass is 10.4. The molecule has 0 bridgehead atoms. The number of ether oxygens (including phenoxy) is 1. The molecule has 0 aliphatic rings. The fourth-order valence-corrected chi connectivity index (χ4v) is 3.28. The predicted octanol–water partition coefficient (Wildman–Crippen LogP) is 0.954. The number of rotatable bonds is 5. The van der Waals surface area contributed by atoms with Gasteiger partial charge in [0.25, 0.3) is 15.2 Å². The monoisotopic (exact) mass is 322 g/mol. The molecule has 2 N–H and O–H groups in total. The van der Waals surface area contributed by atoms with E-state index in [9.17, 15) is 8.42 Å². The predicted molar refractivity (Wildman–Crippen MR) is 71.6 cm³/mol. The number of hydrogen-bond acceptors (Lipinski definition) is 6. The number of methoxy groups -OCH3 is 1. The molecule has 0 saturated heterocycles. The van der Waals surface area contributed by atoms with Crippen LogP contribution >= 0.6 is 22.9 Å². The van der Waals surface area contributed by atoms with Crippen molar-refractivity contribution < 1.29 is 13.2 Å². The molecule has 10 heteroatoms. The zero-order valence-electron chi connectivity index (χ0n) is 9.91. The van der Waals surface area contributed by atoms with E-state index in [1.807, 2.05) is 0 Å². The van der Waals surface area contributed by atoms with Crippen molar-refractivity contribution in [2.75, 3.05) is 13.7 Å². The Hall–Kier alpha value is -1.00. The fourth-order valence-electron chi connectivity index (χ4n) is 1.50. The third kappa shape index (κ3) is 2.95. The highest BCUT2D eigenvalue weighted by atomic mass is 35.5. The second-order valence-electron chi connectivity index (χ2n) is 3.59. The van der Waals surface area contributed by atoms with Gasteiger partial charge in [-0.3, -0.25) is 4.57 Å². The molecule has 7 nitrogen and oxygen atoms in total. The summed E-state index contributed by atoms with van der Waals surface area (Å²) in [5.74, 6) is 0.362. The van der Waals surface area contributed by atoms with Crippen LogP contribution in [0.1, 0.15) is 0 Å². The van der Waals surface area contributed by atoms with Gasteiger partial charge < -0.3 is 4.74 Å². The minimum absolute atomic E-state index is 0.263. The molecule has 2 aromatic rings. The van der Waals surface area contributed by atoms with Crippen molar-refractivity contribution in [3.8, 4) is 10.7 Å². The van der Waals surface area contributed by atoms with Gasteiger partial charge in [0.2, 0.25) is 0 Å². The molecule has 104 valence electrons. The normalized spacial score (nSPS) is 11.9. The first-order valence-corrected chi connectivity index (χ1v) is 7.94. The Labute approximate surface area is 119 Å². The summed E-state index contributed by atoms with van der Waals surface area (Å²) in [5, 5.41) is 14.6. The third-order valence-electron chi connectivity index (χ3n) is 2.31. The molecule has 0 radical (unpaired) electrons. The van der Waals surface area contributed by atoms with Crippen LogP contribution in [0.2, 0.25) is 5.02 Å². The average Bonchev–Trinajstić information content (AvgIpc) is 2.90. The maximum Gasteiger partial charge on any atom is 0.273 e. The molecule has 0 spiro atoms. The van der Waals surface area contributed by atoms with E-state index in [0.29, 0.717) is 22.3 Å². The lowest BCUT2D eigenvalue weighted by Crippen LogP contribution is -2.20. The Balaban J connectivity index is 2.56. The number of sulfonamides is 1. The lowest BCUT2D eigenvalue weighted by Gasteiger charge is -2.07. The van der Waals surface area contributed by atoms with Crippen LogP contribution in [-0.4, -0.2) is 36.9 Å². The smallest absolute Gasteiger partial charge is 0.273 e. The first-order chi connectivity index (χ1) is 8.95. The van der Waals surface area contributed by atoms with Gasteiger partial charge in [-0.15, -0.1) is 21.5 Å². The van der Waals surface area contributed by atoms with Crippen molar-refractivity contribution in [2.24, 2.45) is 5.14 Å². The fraction of sp³-hybridized carbons (Fsp3) is 0.333. The van der Waals surface area contributed by atoms with Crippen LogP contribution in [0.15, 0.2) is 16.6 Å². The van der Waals surface area contributed by atoms with Gasteiger partial charge in [0.05, 0.1) is 23.1 Å². The SMILES string of the molecule is COCCn1c(-c2sccc2Cl)nnc1S(N)(=O)=O. The summed E-state index contributed by atoms with van der Waals surface area (Å²) < 4.78 is 29.3. The van der Waals surface area contributed by atoms with Crippen LogP contribution in [0, 0.1) is 0 Å². The van der Waals surface area contributed by atoms with Gasteiger partial charge in [0.15, 0.2) is 5.82 Å². The Bertz CT molecular complexity index is 679. The maximum absolute atomic E-state index is 11.5. The van der Waals surface area contributed by atoms with E-state index in [1.54, 1.807) is 11.4 Å². The highest BCUT2D eigenvalue weighted by molar-refractivity contribution is 7.89. The Morgan fingerprint density at radius 1 is 1.53 bits per heavy atom. The molecule has 2 aromatic heterocycles. The molecule has 0 saturated carbocycles. The van der Waals surface area contributed by atoms with Crippen LogP contribution in [0.5, 0.6) is 0 Å². The average molecular weight is 323 g/mol. The summed E-state index contributed by atoms with van der Waals surface area (Å²) in [4.78, 5) is 0.639. The van der Waals surface area contributed by atoms with Crippen LogP contribution in [0.3, 0.4) is 0 Å². The van der Waals surface area contributed by atoms with Crippen molar-refractivity contribution >= 4 is 33.0 Å². The first-order valence-electron chi connectivity index (χ1n) is 5.13. The van der Waals surface area contributed by atoms with E-state index in [-0.39, 0.29) is 11.7 Å². The minimum Gasteiger partial charge on any atom is -0.383 e. The zero-order chi connectivity index (χ0) is 14.0. The number of nitrogens with two attached hydrogens (primary N) is 1. The molecule has 0 fully saturated rings. The standard InChI is InChI=1S/C9H11ClN4O3S2/c1-17-4-3-14-8(7-6(10)2-5-18-7)12-13-9(14)19(11,15)16/h2,5H,3-4H2,1H3,(H2,11,15,16). The van der Waals surface area contributed by atoms with E-state index >= 15 is 0 Å². The summed E-state index contributed by atoms with van der Waals surface area (Å²) in [6.45, 7) is 0.565. The van der Waals surface area contributed by atoms with Gasteiger partial charge in [0.1, 0.15) is 0 Å². The molecule has 0 atom stereocenters. The van der Waals surface area contributed by atoms with E-state index < -0.39 is 10.0 Å². The number of nitrogens with zero attached hydrogens (tertiary/aromatic N) is 3. The summed E-state index contributed by atoms with van der Waals surface area (Å²) in [6.07, 6.45) is 0. The van der Waals surface area contributed by atoms with Crippen LogP contribution in [0.4, 0.5) is 0 Å². The van der Waals surface area contributed by atoms with Crippen molar-refractivity contribution in [3.05, 3.63) is 16.5 Å². The molecule has 0 aliphatic heterocycles. The Morgan fingerprint density at radius 2 is 2.26 bits per heavy atom. The molecule has 19 heavy (non-hydrogen) atoms. The van der Waals surface area contributed by atoms with Crippen LogP contribution < -0.4 is 5.14 Å². The van der Waals surface area contributed by atoms with Gasteiger partial charge in [-0.2, -0.15) is 0 Å². The summed E-state index contributed by atoms with van der Waals surface area (Å²) >= 11 is 7.36. The lowest BCUT2D eigenvalue weighted by molar-refractivity contribution is 0.185. The van der Waals surface area contributed by atoms with E-state index in [0.717, 1.165) is 0 Å². The first kappa shape index (κ1) is 14.4. The van der Waals surface area contributed by atoms with Crippen LogP contribution in [-0.2, 0) is 21.3 Å². The largest absolute Gasteiger partial charge is 0.383 e. The van der Waals surface area contributed by atoms with Crippen molar-refractivity contribution in [2.45, 2.75) is 11.7 Å². The Morgan fingerprint density at radius 3 is 2.79 bits per heavy atom. The summed E-state index contributed by atoms with van der Waals surface area (Å²) in [7, 11) is -2.44. The topological polar surface area (TPSA) is 100 Å². The molecule has 0 aromatic carbocycles. The minimum atomic E-state index is -3.95. The van der Waals surface area contributed by atoms with E-state index in [2.05, 4.69) is 10.2 Å².